The highest BCUT2D eigenvalue weighted by molar-refractivity contribution is 7.81. The van der Waals surface area contributed by atoms with Gasteiger partial charge in [-0.2, -0.15) is 12.6 Å². The molecular weight excluding hydrogens is 556 g/mol. The van der Waals surface area contributed by atoms with Crippen LogP contribution in [0.1, 0.15) is 103 Å². The van der Waals surface area contributed by atoms with Gasteiger partial charge in [0.15, 0.2) is 5.79 Å². The van der Waals surface area contributed by atoms with E-state index in [1.165, 1.54) is 22.3 Å². The van der Waals surface area contributed by atoms with Gasteiger partial charge in [-0.05, 0) is 73.5 Å². The van der Waals surface area contributed by atoms with E-state index in [1.807, 2.05) is 6.08 Å². The number of allylic oxidation sites excluding steroid dienone is 1. The van der Waals surface area contributed by atoms with Crippen LogP contribution in [0.15, 0.2) is 48.1 Å². The number of aliphatic hydroxyl groups is 2. The number of ether oxygens (including phenoxy) is 3. The molecule has 0 bridgehead atoms. The lowest BCUT2D eigenvalue weighted by molar-refractivity contribution is -0.322. The molecule has 2 heterocycles. The maximum Gasteiger partial charge on any atom is 0.171 e. The van der Waals surface area contributed by atoms with Crippen LogP contribution in [0.5, 0.6) is 0 Å². The summed E-state index contributed by atoms with van der Waals surface area (Å²) in [5, 5.41) is 24.8. The van der Waals surface area contributed by atoms with Gasteiger partial charge in [-0.1, -0.05) is 63.6 Å². The van der Waals surface area contributed by atoms with Crippen molar-refractivity contribution >= 4 is 12.6 Å². The van der Waals surface area contributed by atoms with Gasteiger partial charge in [0.2, 0.25) is 0 Å². The van der Waals surface area contributed by atoms with Gasteiger partial charge in [-0.3, -0.25) is 0 Å². The summed E-state index contributed by atoms with van der Waals surface area (Å²) in [6, 6.07) is 9.24. The maximum atomic E-state index is 12.5. The molecule has 6 heteroatoms. The van der Waals surface area contributed by atoms with Gasteiger partial charge in [0, 0.05) is 40.3 Å². The third-order valence-corrected chi connectivity index (χ3v) is 13.3. The first kappa shape index (κ1) is 30.5. The number of hydrogen-bond donors (Lipinski definition) is 3. The lowest BCUT2D eigenvalue weighted by Gasteiger charge is -2.59. The van der Waals surface area contributed by atoms with E-state index in [0.29, 0.717) is 37.9 Å². The zero-order valence-corrected chi connectivity index (χ0v) is 27.6. The summed E-state index contributed by atoms with van der Waals surface area (Å²) >= 11 is 4.77. The minimum Gasteiger partial charge on any atom is -0.389 e. The molecule has 4 aliphatic carbocycles. The van der Waals surface area contributed by atoms with E-state index in [1.54, 1.807) is 0 Å². The topological polar surface area (TPSA) is 68.2 Å². The van der Waals surface area contributed by atoms with Crippen LogP contribution in [-0.4, -0.2) is 58.9 Å². The number of benzene rings is 1. The minimum absolute atomic E-state index is 0.00504. The molecule has 6 unspecified atom stereocenters. The first-order valence-corrected chi connectivity index (χ1v) is 17.2. The molecule has 7 rings (SSSR count). The fourth-order valence-corrected chi connectivity index (χ4v) is 10.4. The fraction of sp³-hybridized carbons (Fsp3) is 0.730. The van der Waals surface area contributed by atoms with Crippen molar-refractivity contribution in [2.75, 3.05) is 26.4 Å². The molecule has 43 heavy (non-hydrogen) atoms. The summed E-state index contributed by atoms with van der Waals surface area (Å²) in [4.78, 5) is 0. The van der Waals surface area contributed by atoms with E-state index in [0.717, 1.165) is 58.2 Å². The molecule has 1 aromatic carbocycles. The monoisotopic (exact) mass is 608 g/mol. The van der Waals surface area contributed by atoms with Crippen LogP contribution >= 0.6 is 12.6 Å². The largest absolute Gasteiger partial charge is 0.389 e. The van der Waals surface area contributed by atoms with Gasteiger partial charge in [-0.15, -0.1) is 6.58 Å². The first-order chi connectivity index (χ1) is 20.2. The number of thiol groups is 1. The Morgan fingerprint density at radius 3 is 2.30 bits per heavy atom. The summed E-state index contributed by atoms with van der Waals surface area (Å²) in [5.74, 6) is 0.200. The minimum atomic E-state index is -0.914. The Kier molecular flexibility index (Phi) is 7.22. The zero-order chi connectivity index (χ0) is 30.5. The highest BCUT2D eigenvalue weighted by Gasteiger charge is 2.65. The van der Waals surface area contributed by atoms with Crippen molar-refractivity contribution in [3.63, 3.8) is 0 Å². The number of hydrogen-bond acceptors (Lipinski definition) is 6. The molecule has 2 saturated heterocycles. The van der Waals surface area contributed by atoms with Crippen molar-refractivity contribution in [3.05, 3.63) is 59.2 Å². The van der Waals surface area contributed by atoms with Crippen LogP contribution in [0.2, 0.25) is 0 Å². The average Bonchev–Trinajstić information content (AvgIpc) is 3.22. The van der Waals surface area contributed by atoms with E-state index >= 15 is 0 Å². The number of fused-ring (bicyclic) bond motifs is 4. The Morgan fingerprint density at radius 1 is 0.977 bits per heavy atom. The zero-order valence-electron chi connectivity index (χ0n) is 26.7. The molecule has 0 aromatic heterocycles. The molecule has 5 nitrogen and oxygen atoms in total. The molecular formula is C37H52O5S. The van der Waals surface area contributed by atoms with Crippen molar-refractivity contribution in [2.24, 2.45) is 22.7 Å². The quantitative estimate of drug-likeness (QED) is 0.251. The summed E-state index contributed by atoms with van der Waals surface area (Å²) in [6.07, 6.45) is 8.95. The van der Waals surface area contributed by atoms with Crippen molar-refractivity contribution < 1.29 is 24.4 Å². The maximum absolute atomic E-state index is 12.5. The summed E-state index contributed by atoms with van der Waals surface area (Å²) in [6.45, 7) is 15.8. The molecule has 1 aromatic rings. The Labute approximate surface area is 263 Å². The van der Waals surface area contributed by atoms with E-state index in [2.05, 4.69) is 58.5 Å². The normalized spacial score (nSPS) is 41.5. The Balaban J connectivity index is 1.29. The Morgan fingerprint density at radius 2 is 1.67 bits per heavy atom. The lowest BCUT2D eigenvalue weighted by atomic mass is 9.49. The van der Waals surface area contributed by atoms with Crippen LogP contribution in [0.3, 0.4) is 0 Å². The smallest absolute Gasteiger partial charge is 0.171 e. The summed E-state index contributed by atoms with van der Waals surface area (Å²) in [5.41, 5.74) is 3.47. The van der Waals surface area contributed by atoms with E-state index in [4.69, 9.17) is 26.8 Å². The second kappa shape index (κ2) is 10.2. The van der Waals surface area contributed by atoms with E-state index < -0.39 is 17.0 Å². The van der Waals surface area contributed by atoms with Gasteiger partial charge in [0.1, 0.15) is 0 Å². The van der Waals surface area contributed by atoms with Gasteiger partial charge in [0.25, 0.3) is 0 Å². The van der Waals surface area contributed by atoms with Crippen LogP contribution in [0.4, 0.5) is 0 Å². The average molecular weight is 609 g/mol. The van der Waals surface area contributed by atoms with Crippen LogP contribution in [0.25, 0.3) is 0 Å². The summed E-state index contributed by atoms with van der Waals surface area (Å²) in [7, 11) is 0. The molecule has 6 aliphatic rings. The second-order valence-electron chi connectivity index (χ2n) is 16.5. The molecule has 2 N–H and O–H groups in total. The van der Waals surface area contributed by atoms with Gasteiger partial charge in [0.05, 0.1) is 37.6 Å². The Hall–Kier alpha value is -1.15. The molecule has 2 aliphatic heterocycles. The van der Waals surface area contributed by atoms with Crippen LogP contribution < -0.4 is 0 Å². The van der Waals surface area contributed by atoms with Gasteiger partial charge >= 0.3 is 0 Å². The summed E-state index contributed by atoms with van der Waals surface area (Å²) < 4.78 is 18.4. The third-order valence-electron chi connectivity index (χ3n) is 12.9. The van der Waals surface area contributed by atoms with Crippen molar-refractivity contribution in [3.8, 4) is 0 Å². The van der Waals surface area contributed by atoms with Gasteiger partial charge in [-0.25, -0.2) is 0 Å². The van der Waals surface area contributed by atoms with Crippen molar-refractivity contribution in [2.45, 2.75) is 119 Å². The molecule has 7 atom stereocenters. The first-order valence-electron chi connectivity index (χ1n) is 16.7. The fourth-order valence-electron chi connectivity index (χ4n) is 10.1. The molecule has 236 valence electrons. The predicted molar refractivity (Wildman–Crippen MR) is 172 cm³/mol. The lowest BCUT2D eigenvalue weighted by Crippen LogP contribution is -2.58. The van der Waals surface area contributed by atoms with Crippen LogP contribution in [0, 0.1) is 22.7 Å². The van der Waals surface area contributed by atoms with Crippen molar-refractivity contribution in [1.29, 1.82) is 0 Å². The number of rotatable bonds is 5. The standard InChI is InChI=1S/C37H52O5S/c1-6-26(43)17-36(39)15-12-29-27-11-14-35(38)19-37(41-20-32(2,3)21-42-37)16-13-30(35)31(27)28(18-34(29,36)5)24-7-9-25(10-8-24)33(4)22-40-23-33/h6-10,26-29,38-39,43H,1,11-23H2,2-5H3/t26?,27?,28?,29?,34?,35-,36?/m1/s1. The van der Waals surface area contributed by atoms with E-state index in [-0.39, 0.29) is 27.4 Å². The van der Waals surface area contributed by atoms with Crippen molar-refractivity contribution in [1.82, 2.24) is 0 Å². The molecule has 1 spiro atoms. The third kappa shape index (κ3) is 4.76. The van der Waals surface area contributed by atoms with Crippen LogP contribution in [-0.2, 0) is 19.6 Å². The predicted octanol–water partition coefficient (Wildman–Crippen LogP) is 6.87. The Bertz CT molecular complexity index is 1290. The van der Waals surface area contributed by atoms with E-state index in [9.17, 15) is 10.2 Å². The highest BCUT2D eigenvalue weighted by atomic mass is 32.1. The second-order valence-corrected chi connectivity index (χ2v) is 17.1. The molecule has 0 amide bonds. The SMILES string of the molecule is C=CC(S)CC1(O)CCC2C3CC[C@@]4(O)CC5(CCC4=C3C(c3ccc(C4(C)COC4)cc3)CC21C)OCC(C)(C)CO5. The molecule has 5 fully saturated rings. The van der Waals surface area contributed by atoms with Gasteiger partial charge < -0.3 is 24.4 Å². The molecule has 0 radical (unpaired) electrons. The highest BCUT2D eigenvalue weighted by Crippen LogP contribution is 2.68. The molecule has 3 saturated carbocycles.